The van der Waals surface area contributed by atoms with E-state index in [0.717, 1.165) is 43.9 Å². The van der Waals surface area contributed by atoms with Gasteiger partial charge in [0.15, 0.2) is 0 Å². The predicted octanol–water partition coefficient (Wildman–Crippen LogP) is 1.62. The van der Waals surface area contributed by atoms with Crippen molar-refractivity contribution in [3.8, 4) is 0 Å². The van der Waals surface area contributed by atoms with Gasteiger partial charge in [-0.25, -0.2) is 13.1 Å². The number of hydrogen-bond acceptors (Lipinski definition) is 5. The molecule has 0 aliphatic carbocycles. The van der Waals surface area contributed by atoms with Gasteiger partial charge in [-0.1, -0.05) is 13.8 Å². The maximum atomic E-state index is 12.6. The van der Waals surface area contributed by atoms with Crippen LogP contribution in [-0.4, -0.2) is 45.5 Å². The van der Waals surface area contributed by atoms with Gasteiger partial charge in [0.1, 0.15) is 0 Å². The molecule has 1 atom stereocenters. The first kappa shape index (κ1) is 16.9. The van der Waals surface area contributed by atoms with E-state index in [1.165, 1.54) is 11.3 Å². The Morgan fingerprint density at radius 2 is 2.24 bits per heavy atom. The lowest BCUT2D eigenvalue weighted by Crippen LogP contribution is -2.47. The Bertz CT molecular complexity index is 542. The SMILES string of the molecule is CCNCc1sccc1S(=O)(=O)NC1CCCN(CC)C1. The van der Waals surface area contributed by atoms with Gasteiger partial charge in [0.25, 0.3) is 0 Å². The van der Waals surface area contributed by atoms with Crippen molar-refractivity contribution in [2.24, 2.45) is 0 Å². The fraction of sp³-hybridized carbons (Fsp3) is 0.714. The van der Waals surface area contributed by atoms with Gasteiger partial charge in [0.05, 0.1) is 4.90 Å². The standard InChI is InChI=1S/C14H25N3O2S2/c1-3-15-10-13-14(7-9-20-13)21(18,19)16-12-6-5-8-17(4-2)11-12/h7,9,12,15-16H,3-6,8,10-11H2,1-2H3. The van der Waals surface area contributed by atoms with Crippen LogP contribution in [0.15, 0.2) is 16.3 Å². The molecule has 120 valence electrons. The molecule has 1 fully saturated rings. The Hall–Kier alpha value is -0.470. The van der Waals surface area contributed by atoms with Gasteiger partial charge in [-0.15, -0.1) is 11.3 Å². The van der Waals surface area contributed by atoms with Crippen LogP contribution in [0.25, 0.3) is 0 Å². The lowest BCUT2D eigenvalue weighted by Gasteiger charge is -2.32. The Labute approximate surface area is 131 Å². The van der Waals surface area contributed by atoms with E-state index in [0.29, 0.717) is 11.4 Å². The normalized spacial score (nSPS) is 20.8. The summed E-state index contributed by atoms with van der Waals surface area (Å²) in [6.07, 6.45) is 1.97. The summed E-state index contributed by atoms with van der Waals surface area (Å²) in [6, 6.07) is 1.73. The summed E-state index contributed by atoms with van der Waals surface area (Å²) in [4.78, 5) is 3.61. The van der Waals surface area contributed by atoms with Crippen molar-refractivity contribution in [3.05, 3.63) is 16.3 Å². The van der Waals surface area contributed by atoms with Gasteiger partial charge in [-0.3, -0.25) is 0 Å². The Morgan fingerprint density at radius 3 is 2.95 bits per heavy atom. The van der Waals surface area contributed by atoms with Gasteiger partial charge in [-0.2, -0.15) is 0 Å². The van der Waals surface area contributed by atoms with Crippen LogP contribution < -0.4 is 10.0 Å². The molecule has 1 saturated heterocycles. The second-order valence-electron chi connectivity index (χ2n) is 5.34. The Morgan fingerprint density at radius 1 is 1.43 bits per heavy atom. The smallest absolute Gasteiger partial charge is 0.242 e. The summed E-state index contributed by atoms with van der Waals surface area (Å²) in [6.45, 7) is 8.42. The van der Waals surface area contributed by atoms with E-state index in [-0.39, 0.29) is 6.04 Å². The summed E-state index contributed by atoms with van der Waals surface area (Å²) in [5.41, 5.74) is 0. The highest BCUT2D eigenvalue weighted by molar-refractivity contribution is 7.89. The number of hydrogen-bond donors (Lipinski definition) is 2. The fourth-order valence-electron chi connectivity index (χ4n) is 2.66. The maximum Gasteiger partial charge on any atom is 0.242 e. The number of likely N-dealkylation sites (N-methyl/N-ethyl adjacent to an activating group) is 1. The van der Waals surface area contributed by atoms with E-state index in [1.54, 1.807) is 6.07 Å². The minimum Gasteiger partial charge on any atom is -0.312 e. The molecular formula is C14H25N3O2S2. The molecule has 2 heterocycles. The van der Waals surface area contributed by atoms with Gasteiger partial charge in [0, 0.05) is 24.0 Å². The van der Waals surface area contributed by atoms with Crippen LogP contribution in [0.1, 0.15) is 31.6 Å². The van der Waals surface area contributed by atoms with Crippen molar-refractivity contribution >= 4 is 21.4 Å². The van der Waals surface area contributed by atoms with Gasteiger partial charge >= 0.3 is 0 Å². The second kappa shape index (κ2) is 7.69. The zero-order valence-corrected chi connectivity index (χ0v) is 14.4. The van der Waals surface area contributed by atoms with Gasteiger partial charge in [0.2, 0.25) is 10.0 Å². The molecule has 1 aromatic rings. The number of piperidine rings is 1. The molecule has 7 heteroatoms. The average molecular weight is 332 g/mol. The molecule has 0 radical (unpaired) electrons. The Kier molecular flexibility index (Phi) is 6.19. The lowest BCUT2D eigenvalue weighted by atomic mass is 10.1. The largest absolute Gasteiger partial charge is 0.312 e. The minimum atomic E-state index is -3.42. The molecule has 1 aliphatic rings. The first-order valence-corrected chi connectivity index (χ1v) is 9.94. The number of thiophene rings is 1. The zero-order chi connectivity index (χ0) is 15.3. The van der Waals surface area contributed by atoms with Gasteiger partial charge in [-0.05, 0) is 43.9 Å². The number of rotatable bonds is 7. The average Bonchev–Trinajstić information content (AvgIpc) is 2.94. The van der Waals surface area contributed by atoms with E-state index < -0.39 is 10.0 Å². The molecule has 1 unspecified atom stereocenters. The summed E-state index contributed by atoms with van der Waals surface area (Å²) in [7, 11) is -3.42. The number of likely N-dealkylation sites (tertiary alicyclic amines) is 1. The highest BCUT2D eigenvalue weighted by atomic mass is 32.2. The van der Waals surface area contributed by atoms with Crippen LogP contribution in [-0.2, 0) is 16.6 Å². The van der Waals surface area contributed by atoms with Crippen LogP contribution >= 0.6 is 11.3 Å². The molecule has 1 aliphatic heterocycles. The topological polar surface area (TPSA) is 61.4 Å². The number of sulfonamides is 1. The van der Waals surface area contributed by atoms with Crippen molar-refractivity contribution in [1.82, 2.24) is 14.9 Å². The third-order valence-corrected chi connectivity index (χ3v) is 6.46. The van der Waals surface area contributed by atoms with E-state index in [1.807, 2.05) is 12.3 Å². The Balaban J connectivity index is 2.06. The van der Waals surface area contributed by atoms with E-state index in [2.05, 4.69) is 21.9 Å². The number of nitrogens with one attached hydrogen (secondary N) is 2. The zero-order valence-electron chi connectivity index (χ0n) is 12.8. The van der Waals surface area contributed by atoms with E-state index >= 15 is 0 Å². The summed E-state index contributed by atoms with van der Waals surface area (Å²) in [5, 5.41) is 5.04. The first-order valence-electron chi connectivity index (χ1n) is 7.58. The van der Waals surface area contributed by atoms with Crippen LogP contribution in [0, 0.1) is 0 Å². The van der Waals surface area contributed by atoms with Crippen molar-refractivity contribution in [2.45, 2.75) is 44.2 Å². The van der Waals surface area contributed by atoms with Crippen LogP contribution in [0.2, 0.25) is 0 Å². The molecule has 0 spiro atoms. The molecule has 0 bridgehead atoms. The fourth-order valence-corrected chi connectivity index (χ4v) is 5.33. The summed E-state index contributed by atoms with van der Waals surface area (Å²) in [5.74, 6) is 0. The van der Waals surface area contributed by atoms with E-state index in [4.69, 9.17) is 0 Å². The highest BCUT2D eigenvalue weighted by Gasteiger charge is 2.26. The third kappa shape index (κ3) is 4.50. The van der Waals surface area contributed by atoms with Crippen molar-refractivity contribution in [3.63, 3.8) is 0 Å². The maximum absolute atomic E-state index is 12.6. The summed E-state index contributed by atoms with van der Waals surface area (Å²) >= 11 is 1.49. The number of nitrogens with zero attached hydrogens (tertiary/aromatic N) is 1. The third-order valence-electron chi connectivity index (χ3n) is 3.80. The van der Waals surface area contributed by atoms with E-state index in [9.17, 15) is 8.42 Å². The summed E-state index contributed by atoms with van der Waals surface area (Å²) < 4.78 is 28.1. The second-order valence-corrected chi connectivity index (χ2v) is 8.03. The van der Waals surface area contributed by atoms with Gasteiger partial charge < -0.3 is 10.2 Å². The first-order chi connectivity index (χ1) is 10.1. The molecule has 0 saturated carbocycles. The van der Waals surface area contributed by atoms with Crippen molar-refractivity contribution < 1.29 is 8.42 Å². The van der Waals surface area contributed by atoms with Crippen molar-refractivity contribution in [1.29, 1.82) is 0 Å². The van der Waals surface area contributed by atoms with Crippen LogP contribution in [0.3, 0.4) is 0 Å². The van der Waals surface area contributed by atoms with Crippen molar-refractivity contribution in [2.75, 3.05) is 26.2 Å². The van der Waals surface area contributed by atoms with Crippen LogP contribution in [0.4, 0.5) is 0 Å². The molecule has 2 N–H and O–H groups in total. The monoisotopic (exact) mass is 331 g/mol. The predicted molar refractivity (Wildman–Crippen MR) is 87.2 cm³/mol. The molecule has 0 aromatic carbocycles. The molecular weight excluding hydrogens is 306 g/mol. The molecule has 0 amide bonds. The quantitative estimate of drug-likeness (QED) is 0.797. The highest BCUT2D eigenvalue weighted by Crippen LogP contribution is 2.23. The molecule has 1 aromatic heterocycles. The lowest BCUT2D eigenvalue weighted by molar-refractivity contribution is 0.211. The molecule has 21 heavy (non-hydrogen) atoms. The molecule has 5 nitrogen and oxygen atoms in total. The minimum absolute atomic E-state index is 0.0237. The molecule has 2 rings (SSSR count). The van der Waals surface area contributed by atoms with Crippen LogP contribution in [0.5, 0.6) is 0 Å².